The molecule has 0 radical (unpaired) electrons. The van der Waals surface area contributed by atoms with Crippen LogP contribution in [0.15, 0.2) is 48.5 Å². The van der Waals surface area contributed by atoms with Crippen LogP contribution < -0.4 is 5.32 Å². The van der Waals surface area contributed by atoms with Crippen LogP contribution in [0.25, 0.3) is 21.9 Å². The Morgan fingerprint density at radius 1 is 0.960 bits per heavy atom. The summed E-state index contributed by atoms with van der Waals surface area (Å²) >= 11 is 0. The Bertz CT molecular complexity index is 1120. The largest absolute Gasteiger partial charge is 0.508 e. The fourth-order valence-electron chi connectivity index (χ4n) is 2.87. The number of carbonyl (C=O) groups excluding carboxylic acids is 2. The van der Waals surface area contributed by atoms with Crippen LogP contribution in [0.3, 0.4) is 0 Å². The molecule has 0 spiro atoms. The lowest BCUT2D eigenvalue weighted by molar-refractivity contribution is 0.101. The average Bonchev–Trinajstić information content (AvgIpc) is 3.12. The van der Waals surface area contributed by atoms with E-state index in [4.69, 9.17) is 0 Å². The van der Waals surface area contributed by atoms with Gasteiger partial charge in [0.1, 0.15) is 11.4 Å². The Morgan fingerprint density at radius 3 is 2.44 bits per heavy atom. The van der Waals surface area contributed by atoms with E-state index in [1.54, 1.807) is 12.1 Å². The van der Waals surface area contributed by atoms with E-state index in [2.05, 4.69) is 15.3 Å². The number of phenolic OH excluding ortho intramolecular Hbond substituents is 1. The number of nitrogens with one attached hydrogen (secondary N) is 3. The molecule has 124 valence electrons. The Morgan fingerprint density at radius 2 is 1.72 bits per heavy atom. The number of H-pyrrole nitrogens is 2. The average molecular weight is 333 g/mol. The summed E-state index contributed by atoms with van der Waals surface area (Å²) in [5, 5.41) is 14.0. The molecule has 4 N–H and O–H groups in total. The lowest BCUT2D eigenvalue weighted by atomic mass is 10.1. The molecule has 0 saturated carbocycles. The fraction of sp³-hybridized carbons (Fsp3) is 0.0526. The van der Waals surface area contributed by atoms with Crippen molar-refractivity contribution in [2.45, 2.75) is 6.92 Å². The first-order valence-corrected chi connectivity index (χ1v) is 7.77. The maximum absolute atomic E-state index is 12.3. The van der Waals surface area contributed by atoms with Gasteiger partial charge in [-0.1, -0.05) is 6.07 Å². The molecular formula is C19H15N3O3. The van der Waals surface area contributed by atoms with Gasteiger partial charge in [0.25, 0.3) is 5.91 Å². The molecule has 0 aliphatic rings. The van der Waals surface area contributed by atoms with E-state index in [-0.39, 0.29) is 17.4 Å². The van der Waals surface area contributed by atoms with E-state index >= 15 is 0 Å². The number of aromatic amines is 2. The molecule has 2 aromatic carbocycles. The van der Waals surface area contributed by atoms with Crippen molar-refractivity contribution in [3.8, 4) is 5.75 Å². The number of hydrogen-bond acceptors (Lipinski definition) is 3. The first-order valence-electron chi connectivity index (χ1n) is 7.77. The first kappa shape index (κ1) is 15.0. The number of hydrogen-bond donors (Lipinski definition) is 4. The predicted molar refractivity (Wildman–Crippen MR) is 96.2 cm³/mol. The molecule has 1 amide bonds. The third-order valence-electron chi connectivity index (χ3n) is 4.15. The number of anilines is 1. The lowest BCUT2D eigenvalue weighted by Gasteiger charge is -2.05. The molecule has 4 rings (SSSR count). The van der Waals surface area contributed by atoms with Gasteiger partial charge >= 0.3 is 0 Å². The standard InChI is InChI=1S/C19H15N3O3/c1-10(23)16-9-15-14-7-4-12(8-17(14)22-18(15)21-16)20-19(25)11-2-5-13(24)6-3-11/h2-9,21-22,24H,1H3,(H,20,25). The van der Waals surface area contributed by atoms with Crippen molar-refractivity contribution in [3.05, 3.63) is 59.8 Å². The predicted octanol–water partition coefficient (Wildman–Crippen LogP) is 3.81. The topological polar surface area (TPSA) is 98.0 Å². The summed E-state index contributed by atoms with van der Waals surface area (Å²) in [6.45, 7) is 1.52. The lowest BCUT2D eigenvalue weighted by Crippen LogP contribution is -2.11. The Balaban J connectivity index is 1.65. The Kier molecular flexibility index (Phi) is 3.32. The second-order valence-electron chi connectivity index (χ2n) is 5.91. The van der Waals surface area contributed by atoms with E-state index in [1.807, 2.05) is 24.3 Å². The molecule has 0 aliphatic carbocycles. The van der Waals surface area contributed by atoms with Crippen molar-refractivity contribution in [2.75, 3.05) is 5.32 Å². The molecule has 0 atom stereocenters. The number of Topliss-reactive ketones (excluding diaryl/α,β-unsaturated/α-hetero) is 1. The normalized spacial score (nSPS) is 11.1. The number of aromatic hydroxyl groups is 1. The van der Waals surface area contributed by atoms with Gasteiger partial charge in [0.05, 0.1) is 5.69 Å². The second-order valence-corrected chi connectivity index (χ2v) is 5.91. The van der Waals surface area contributed by atoms with Gasteiger partial charge in [0.2, 0.25) is 0 Å². The summed E-state index contributed by atoms with van der Waals surface area (Å²) in [5.41, 5.74) is 3.32. The van der Waals surface area contributed by atoms with Crippen LogP contribution in [-0.2, 0) is 0 Å². The van der Waals surface area contributed by atoms with E-state index in [9.17, 15) is 14.7 Å². The molecular weight excluding hydrogens is 318 g/mol. The third kappa shape index (κ3) is 2.63. The highest BCUT2D eigenvalue weighted by Crippen LogP contribution is 2.28. The van der Waals surface area contributed by atoms with Crippen LogP contribution in [0.4, 0.5) is 5.69 Å². The molecule has 0 fully saturated rings. The third-order valence-corrected chi connectivity index (χ3v) is 4.15. The van der Waals surface area contributed by atoms with E-state index < -0.39 is 0 Å². The minimum absolute atomic E-state index is 0.0180. The summed E-state index contributed by atoms with van der Waals surface area (Å²) < 4.78 is 0. The maximum Gasteiger partial charge on any atom is 0.255 e. The van der Waals surface area contributed by atoms with E-state index in [0.717, 1.165) is 21.9 Å². The van der Waals surface area contributed by atoms with Gasteiger partial charge in [0.15, 0.2) is 5.78 Å². The number of fused-ring (bicyclic) bond motifs is 3. The summed E-state index contributed by atoms with van der Waals surface area (Å²) in [7, 11) is 0. The molecule has 0 unspecified atom stereocenters. The summed E-state index contributed by atoms with van der Waals surface area (Å²) in [6.07, 6.45) is 0. The van der Waals surface area contributed by atoms with Gasteiger partial charge in [-0.3, -0.25) is 9.59 Å². The van der Waals surface area contributed by atoms with Crippen LogP contribution in [0.1, 0.15) is 27.8 Å². The zero-order valence-electron chi connectivity index (χ0n) is 13.4. The van der Waals surface area contributed by atoms with Crippen LogP contribution in [0.5, 0.6) is 5.75 Å². The summed E-state index contributed by atoms with van der Waals surface area (Å²) in [5.74, 6) is -0.157. The number of carbonyl (C=O) groups is 2. The molecule has 6 nitrogen and oxygen atoms in total. The molecule has 0 saturated heterocycles. The van der Waals surface area contributed by atoms with E-state index in [1.165, 1.54) is 19.1 Å². The monoisotopic (exact) mass is 333 g/mol. The first-order chi connectivity index (χ1) is 12.0. The van der Waals surface area contributed by atoms with Gasteiger partial charge in [-0.05, 0) is 42.5 Å². The van der Waals surface area contributed by atoms with Crippen LogP contribution in [-0.4, -0.2) is 26.8 Å². The minimum Gasteiger partial charge on any atom is -0.508 e. The quantitative estimate of drug-likeness (QED) is 0.429. The molecule has 4 aromatic rings. The Hall–Kier alpha value is -3.54. The molecule has 6 heteroatoms. The van der Waals surface area contributed by atoms with Crippen molar-refractivity contribution in [3.63, 3.8) is 0 Å². The van der Waals surface area contributed by atoms with Gasteiger partial charge in [-0.15, -0.1) is 0 Å². The molecule has 25 heavy (non-hydrogen) atoms. The highest BCUT2D eigenvalue weighted by Gasteiger charge is 2.12. The van der Waals surface area contributed by atoms with Crippen LogP contribution >= 0.6 is 0 Å². The highest BCUT2D eigenvalue weighted by atomic mass is 16.3. The number of phenols is 1. The second kappa shape index (κ2) is 5.52. The van der Waals surface area contributed by atoms with Gasteiger partial charge < -0.3 is 20.4 Å². The fourth-order valence-corrected chi connectivity index (χ4v) is 2.87. The van der Waals surface area contributed by atoms with Crippen molar-refractivity contribution in [1.29, 1.82) is 0 Å². The van der Waals surface area contributed by atoms with Crippen LogP contribution in [0, 0.1) is 0 Å². The van der Waals surface area contributed by atoms with Crippen LogP contribution in [0.2, 0.25) is 0 Å². The summed E-state index contributed by atoms with van der Waals surface area (Å²) in [6, 6.07) is 13.4. The Labute approximate surface area is 142 Å². The highest BCUT2D eigenvalue weighted by molar-refractivity contribution is 6.11. The number of aromatic nitrogens is 2. The van der Waals surface area contributed by atoms with Gasteiger partial charge in [-0.2, -0.15) is 0 Å². The van der Waals surface area contributed by atoms with Crippen molar-refractivity contribution < 1.29 is 14.7 Å². The molecule has 0 aliphatic heterocycles. The van der Waals surface area contributed by atoms with E-state index in [0.29, 0.717) is 16.9 Å². The SMILES string of the molecule is CC(=O)c1cc2c([nH]1)[nH]c1cc(NC(=O)c3ccc(O)cc3)ccc12. The zero-order valence-corrected chi connectivity index (χ0v) is 13.4. The van der Waals surface area contributed by atoms with Crippen molar-refractivity contribution >= 4 is 39.3 Å². The number of ketones is 1. The number of amides is 1. The zero-order chi connectivity index (χ0) is 17.6. The number of benzene rings is 2. The van der Waals surface area contributed by atoms with Gasteiger partial charge in [-0.25, -0.2) is 0 Å². The molecule has 2 aromatic heterocycles. The maximum atomic E-state index is 12.3. The smallest absolute Gasteiger partial charge is 0.255 e. The molecule has 2 heterocycles. The number of rotatable bonds is 3. The summed E-state index contributed by atoms with van der Waals surface area (Å²) in [4.78, 5) is 30.0. The minimum atomic E-state index is -0.254. The van der Waals surface area contributed by atoms with Crippen molar-refractivity contribution in [2.24, 2.45) is 0 Å². The molecule has 0 bridgehead atoms. The van der Waals surface area contributed by atoms with Crippen molar-refractivity contribution in [1.82, 2.24) is 9.97 Å². The van der Waals surface area contributed by atoms with Gasteiger partial charge in [0, 0.05) is 34.5 Å².